The van der Waals surface area contributed by atoms with Gasteiger partial charge in [0.05, 0.1) is 13.2 Å². The Bertz CT molecular complexity index is 493. The number of benzene rings is 1. The van der Waals surface area contributed by atoms with E-state index in [1.165, 1.54) is 0 Å². The van der Waals surface area contributed by atoms with Crippen molar-refractivity contribution in [2.75, 3.05) is 13.2 Å². The van der Waals surface area contributed by atoms with E-state index in [2.05, 4.69) is 0 Å². The van der Waals surface area contributed by atoms with Crippen LogP contribution in [-0.4, -0.2) is 69.5 Å². The second kappa shape index (κ2) is 8.16. The van der Waals surface area contributed by atoms with Crippen LogP contribution in [0.4, 0.5) is 0 Å². The van der Waals surface area contributed by atoms with Crippen molar-refractivity contribution in [2.24, 2.45) is 0 Å². The van der Waals surface area contributed by atoms with Crippen LogP contribution in [0, 0.1) is 0 Å². The normalized spacial score (nSPS) is 32.7. The first-order chi connectivity index (χ1) is 11.0. The highest BCUT2D eigenvalue weighted by molar-refractivity contribution is 5.25. The Balaban J connectivity index is 1.96. The van der Waals surface area contributed by atoms with Crippen LogP contribution in [0.15, 0.2) is 24.3 Å². The van der Waals surface area contributed by atoms with E-state index in [0.717, 1.165) is 12.0 Å². The summed E-state index contributed by atoms with van der Waals surface area (Å²) in [4.78, 5) is 0. The zero-order valence-electron chi connectivity index (χ0n) is 12.9. The second-order valence-electron chi connectivity index (χ2n) is 5.64. The van der Waals surface area contributed by atoms with Crippen LogP contribution in [0.3, 0.4) is 0 Å². The monoisotopic (exact) mass is 328 g/mol. The van der Waals surface area contributed by atoms with E-state index in [1.807, 2.05) is 25.1 Å². The van der Waals surface area contributed by atoms with Crippen molar-refractivity contribution < 1.29 is 35.0 Å². The summed E-state index contributed by atoms with van der Waals surface area (Å²) in [5.74, 6) is 0. The minimum absolute atomic E-state index is 0.157. The first-order valence-electron chi connectivity index (χ1n) is 7.67. The van der Waals surface area contributed by atoms with E-state index in [-0.39, 0.29) is 6.61 Å². The average molecular weight is 328 g/mol. The number of rotatable bonds is 6. The average Bonchev–Trinajstić information content (AvgIpc) is 2.59. The molecule has 1 aliphatic rings. The first kappa shape index (κ1) is 18.3. The van der Waals surface area contributed by atoms with Gasteiger partial charge in [0, 0.05) is 0 Å². The molecule has 23 heavy (non-hydrogen) atoms. The lowest BCUT2D eigenvalue weighted by Gasteiger charge is -2.39. The van der Waals surface area contributed by atoms with Crippen LogP contribution in [0.5, 0.6) is 0 Å². The fourth-order valence-corrected chi connectivity index (χ4v) is 2.51. The fraction of sp³-hybridized carbons (Fsp3) is 0.625. The highest BCUT2D eigenvalue weighted by Gasteiger charge is 2.44. The number of aliphatic hydroxyl groups excluding tert-OH is 5. The van der Waals surface area contributed by atoms with Gasteiger partial charge in [-0.15, -0.1) is 0 Å². The lowest BCUT2D eigenvalue weighted by Crippen LogP contribution is -2.59. The van der Waals surface area contributed by atoms with Gasteiger partial charge in [0.15, 0.2) is 6.29 Å². The Hall–Kier alpha value is -1.06. The molecule has 5 N–H and O–H groups in total. The van der Waals surface area contributed by atoms with Gasteiger partial charge < -0.3 is 35.0 Å². The van der Waals surface area contributed by atoms with E-state index in [1.54, 1.807) is 6.07 Å². The zero-order chi connectivity index (χ0) is 17.0. The van der Waals surface area contributed by atoms with Crippen LogP contribution in [0.2, 0.25) is 0 Å². The molecule has 0 radical (unpaired) electrons. The molecule has 0 aromatic heterocycles. The van der Waals surface area contributed by atoms with Crippen molar-refractivity contribution in [1.29, 1.82) is 0 Å². The van der Waals surface area contributed by atoms with Gasteiger partial charge >= 0.3 is 0 Å². The van der Waals surface area contributed by atoms with E-state index in [4.69, 9.17) is 14.6 Å². The maximum atomic E-state index is 10.2. The van der Waals surface area contributed by atoms with Gasteiger partial charge in [0.1, 0.15) is 30.5 Å². The number of hydrogen-bond acceptors (Lipinski definition) is 7. The number of ether oxygens (including phenoxy) is 2. The molecule has 2 rings (SSSR count). The Morgan fingerprint density at radius 1 is 1.17 bits per heavy atom. The van der Waals surface area contributed by atoms with Crippen molar-refractivity contribution in [3.63, 3.8) is 0 Å². The van der Waals surface area contributed by atoms with Gasteiger partial charge in [0.25, 0.3) is 0 Å². The maximum absolute atomic E-state index is 10.2. The van der Waals surface area contributed by atoms with E-state index in [9.17, 15) is 20.4 Å². The summed E-state index contributed by atoms with van der Waals surface area (Å²) in [5.41, 5.74) is 1.75. The third kappa shape index (κ3) is 4.27. The minimum Gasteiger partial charge on any atom is -0.394 e. The topological polar surface area (TPSA) is 120 Å². The van der Waals surface area contributed by atoms with Crippen LogP contribution >= 0.6 is 0 Å². The molecule has 7 nitrogen and oxygen atoms in total. The van der Waals surface area contributed by atoms with Gasteiger partial charge in [-0.05, 0) is 17.5 Å². The van der Waals surface area contributed by atoms with Gasteiger partial charge in [-0.1, -0.05) is 31.2 Å². The molecule has 1 aromatic rings. The summed E-state index contributed by atoms with van der Waals surface area (Å²) in [5, 5.41) is 48.5. The molecule has 0 aliphatic carbocycles. The standard InChI is InChI=1S/C16H24O7/c1-2-9-4-3-5-10(6-9)11(18)8-22-16-15(21)14(20)13(19)12(7-17)23-16/h3-6,11-21H,2,7-8H2,1H3/t11-,12-,13-,14+,15-,16?/m0/s1. The van der Waals surface area contributed by atoms with Crippen molar-refractivity contribution in [1.82, 2.24) is 0 Å². The third-order valence-corrected chi connectivity index (χ3v) is 4.01. The number of hydrogen-bond donors (Lipinski definition) is 5. The van der Waals surface area contributed by atoms with Crippen LogP contribution in [0.1, 0.15) is 24.2 Å². The summed E-state index contributed by atoms with van der Waals surface area (Å²) in [7, 11) is 0. The fourth-order valence-electron chi connectivity index (χ4n) is 2.51. The molecule has 0 saturated carbocycles. The molecule has 1 aromatic carbocycles. The Morgan fingerprint density at radius 3 is 2.57 bits per heavy atom. The molecule has 1 saturated heterocycles. The molecule has 1 fully saturated rings. The molecule has 1 unspecified atom stereocenters. The van der Waals surface area contributed by atoms with E-state index in [0.29, 0.717) is 5.56 Å². The Labute approximate surface area is 134 Å². The van der Waals surface area contributed by atoms with E-state index >= 15 is 0 Å². The molecular formula is C16H24O7. The van der Waals surface area contributed by atoms with Crippen molar-refractivity contribution in [3.8, 4) is 0 Å². The zero-order valence-corrected chi connectivity index (χ0v) is 12.9. The molecular weight excluding hydrogens is 304 g/mol. The van der Waals surface area contributed by atoms with Crippen molar-refractivity contribution >= 4 is 0 Å². The number of aliphatic hydroxyl groups is 5. The van der Waals surface area contributed by atoms with Gasteiger partial charge in [-0.25, -0.2) is 0 Å². The molecule has 1 heterocycles. The third-order valence-electron chi connectivity index (χ3n) is 4.01. The highest BCUT2D eigenvalue weighted by Crippen LogP contribution is 2.23. The molecule has 1 aliphatic heterocycles. The largest absolute Gasteiger partial charge is 0.394 e. The SMILES string of the molecule is CCc1cccc([C@@H](O)COC2O[C@@H](CO)[C@H](O)[C@@H](O)[C@@H]2O)c1. The second-order valence-corrected chi connectivity index (χ2v) is 5.64. The Morgan fingerprint density at radius 2 is 1.91 bits per heavy atom. The lowest BCUT2D eigenvalue weighted by atomic mass is 9.99. The maximum Gasteiger partial charge on any atom is 0.186 e. The minimum atomic E-state index is -1.49. The molecule has 0 bridgehead atoms. The molecule has 7 heteroatoms. The van der Waals surface area contributed by atoms with Gasteiger partial charge in [0.2, 0.25) is 0 Å². The quantitative estimate of drug-likeness (QED) is 0.459. The van der Waals surface area contributed by atoms with Crippen LogP contribution in [0.25, 0.3) is 0 Å². The summed E-state index contributed by atoms with van der Waals surface area (Å²) >= 11 is 0. The summed E-state index contributed by atoms with van der Waals surface area (Å²) in [6.07, 6.45) is -6.74. The molecule has 6 atom stereocenters. The smallest absolute Gasteiger partial charge is 0.186 e. The first-order valence-corrected chi connectivity index (χ1v) is 7.67. The summed E-state index contributed by atoms with van der Waals surface area (Å²) in [6.45, 7) is 1.33. The molecule has 0 amide bonds. The van der Waals surface area contributed by atoms with Crippen LogP contribution in [-0.2, 0) is 15.9 Å². The van der Waals surface area contributed by atoms with Crippen molar-refractivity contribution in [2.45, 2.75) is 50.2 Å². The molecule has 0 spiro atoms. The predicted molar refractivity (Wildman–Crippen MR) is 80.5 cm³/mol. The summed E-state index contributed by atoms with van der Waals surface area (Å²) in [6, 6.07) is 7.42. The van der Waals surface area contributed by atoms with Crippen molar-refractivity contribution in [3.05, 3.63) is 35.4 Å². The van der Waals surface area contributed by atoms with E-state index < -0.39 is 43.4 Å². The van der Waals surface area contributed by atoms with Crippen LogP contribution < -0.4 is 0 Å². The molecule has 130 valence electrons. The Kier molecular flexibility index (Phi) is 6.49. The van der Waals surface area contributed by atoms with Gasteiger partial charge in [-0.3, -0.25) is 0 Å². The number of aryl methyl sites for hydroxylation is 1. The summed E-state index contributed by atoms with van der Waals surface area (Å²) < 4.78 is 10.5. The lowest BCUT2D eigenvalue weighted by molar-refractivity contribution is -0.304. The highest BCUT2D eigenvalue weighted by atomic mass is 16.7. The van der Waals surface area contributed by atoms with Gasteiger partial charge in [-0.2, -0.15) is 0 Å². The predicted octanol–water partition coefficient (Wildman–Crippen LogP) is -0.901.